The molecular weight excluding hydrogens is 241 g/mol. The van der Waals surface area contributed by atoms with E-state index in [0.29, 0.717) is 0 Å². The van der Waals surface area contributed by atoms with E-state index in [1.807, 2.05) is 0 Å². The fraction of sp³-hybridized carbons (Fsp3) is 0.455. The normalized spacial score (nSPS) is 27.1. The van der Waals surface area contributed by atoms with Crippen molar-refractivity contribution < 1.29 is 14.2 Å². The highest BCUT2D eigenvalue weighted by Crippen LogP contribution is 2.29. The van der Waals surface area contributed by atoms with E-state index in [4.69, 9.17) is 22.0 Å². The smallest absolute Gasteiger partial charge is 0.351 e. The Morgan fingerprint density at radius 3 is 3.06 bits per heavy atom. The van der Waals surface area contributed by atoms with Crippen LogP contribution < -0.4 is 11.4 Å². The van der Waals surface area contributed by atoms with Crippen LogP contribution in [0.1, 0.15) is 18.2 Å². The van der Waals surface area contributed by atoms with Gasteiger partial charge in [-0.15, -0.1) is 6.42 Å². The van der Waals surface area contributed by atoms with Gasteiger partial charge < -0.3 is 15.6 Å². The van der Waals surface area contributed by atoms with Gasteiger partial charge in [-0.05, 0) is 0 Å². The van der Waals surface area contributed by atoms with Gasteiger partial charge in [0, 0.05) is 12.6 Å². The van der Waals surface area contributed by atoms with Gasteiger partial charge in [-0.2, -0.15) is 4.98 Å². The number of nitrogens with two attached hydrogens (primary N) is 1. The molecule has 6 nitrogen and oxygen atoms in total. The molecule has 96 valence electrons. The Morgan fingerprint density at radius 2 is 2.50 bits per heavy atom. The quantitative estimate of drug-likeness (QED) is 0.688. The zero-order chi connectivity index (χ0) is 13.3. The highest BCUT2D eigenvalue weighted by atomic mass is 19.1. The van der Waals surface area contributed by atoms with Crippen LogP contribution in [0.4, 0.5) is 10.2 Å². The summed E-state index contributed by atoms with van der Waals surface area (Å²) < 4.78 is 19.7. The molecule has 1 aromatic heterocycles. The zero-order valence-electron chi connectivity index (χ0n) is 9.41. The van der Waals surface area contributed by atoms with Crippen molar-refractivity contribution in [3.05, 3.63) is 22.2 Å². The first kappa shape index (κ1) is 12.5. The molecule has 0 spiro atoms. The number of aliphatic hydroxyl groups excluding tert-OH is 1. The number of hydrogen-bond acceptors (Lipinski definition) is 5. The topological polar surface area (TPSA) is 90.4 Å². The molecule has 0 aliphatic carbocycles. The lowest BCUT2D eigenvalue weighted by Crippen LogP contribution is -2.28. The van der Waals surface area contributed by atoms with Crippen LogP contribution in [0.5, 0.6) is 0 Å². The molecule has 7 heteroatoms. The number of halogens is 1. The monoisotopic (exact) mass is 253 g/mol. The lowest BCUT2D eigenvalue weighted by atomic mass is 10.2. The van der Waals surface area contributed by atoms with Crippen molar-refractivity contribution in [2.45, 2.75) is 24.9 Å². The number of hydrogen-bond donors (Lipinski definition) is 2. The molecule has 2 rings (SSSR count). The minimum absolute atomic E-state index is 0.0409. The third-order valence-corrected chi connectivity index (χ3v) is 2.79. The standard InChI is InChI=1S/C11H12FN3O3/c1-2-6-4-15(11(17)14-10(6)13)9-3-7(12)8(5-16)18-9/h1,4,7-9,16H,3,5H2,(H2,13,14,17). The molecule has 1 saturated heterocycles. The average Bonchev–Trinajstić information content (AvgIpc) is 2.70. The van der Waals surface area contributed by atoms with Crippen molar-refractivity contribution in [1.29, 1.82) is 0 Å². The van der Waals surface area contributed by atoms with Crippen LogP contribution in [-0.4, -0.2) is 33.5 Å². The second-order valence-electron chi connectivity index (χ2n) is 3.94. The number of nitrogen functional groups attached to an aromatic ring is 1. The molecule has 0 radical (unpaired) electrons. The maximum absolute atomic E-state index is 13.4. The van der Waals surface area contributed by atoms with Gasteiger partial charge in [0.15, 0.2) is 0 Å². The molecule has 18 heavy (non-hydrogen) atoms. The average molecular weight is 253 g/mol. The summed E-state index contributed by atoms with van der Waals surface area (Å²) in [4.78, 5) is 15.2. The molecule has 0 saturated carbocycles. The Balaban J connectivity index is 2.36. The van der Waals surface area contributed by atoms with Crippen molar-refractivity contribution in [3.8, 4) is 12.3 Å². The van der Waals surface area contributed by atoms with E-state index in [2.05, 4.69) is 10.9 Å². The second kappa shape index (κ2) is 4.76. The van der Waals surface area contributed by atoms with E-state index in [1.54, 1.807) is 0 Å². The van der Waals surface area contributed by atoms with Gasteiger partial charge in [-0.3, -0.25) is 4.57 Å². The molecular formula is C11H12FN3O3. The Bertz CT molecular complexity index is 551. The number of anilines is 1. The van der Waals surface area contributed by atoms with E-state index in [9.17, 15) is 9.18 Å². The molecule has 1 aliphatic rings. The summed E-state index contributed by atoms with van der Waals surface area (Å²) in [6, 6.07) is 0. The highest BCUT2D eigenvalue weighted by Gasteiger charge is 2.36. The van der Waals surface area contributed by atoms with Crippen LogP contribution in [0.2, 0.25) is 0 Å². The molecule has 0 bridgehead atoms. The molecule has 1 aliphatic heterocycles. The first-order valence-corrected chi connectivity index (χ1v) is 5.32. The predicted molar refractivity (Wildman–Crippen MR) is 61.4 cm³/mol. The van der Waals surface area contributed by atoms with Crippen LogP contribution in [0.15, 0.2) is 11.0 Å². The number of aliphatic hydroxyl groups is 1. The molecule has 3 atom stereocenters. The molecule has 1 aromatic rings. The van der Waals surface area contributed by atoms with E-state index in [1.165, 1.54) is 6.20 Å². The van der Waals surface area contributed by atoms with E-state index in [-0.39, 0.29) is 17.8 Å². The lowest BCUT2D eigenvalue weighted by Gasteiger charge is -2.14. The van der Waals surface area contributed by atoms with Gasteiger partial charge in [0.25, 0.3) is 0 Å². The third kappa shape index (κ3) is 2.08. The summed E-state index contributed by atoms with van der Waals surface area (Å²) in [5.74, 6) is 2.23. The summed E-state index contributed by atoms with van der Waals surface area (Å²) in [7, 11) is 0. The van der Waals surface area contributed by atoms with Gasteiger partial charge in [-0.25, -0.2) is 9.18 Å². The van der Waals surface area contributed by atoms with Gasteiger partial charge in [0.05, 0.1) is 12.2 Å². The van der Waals surface area contributed by atoms with Gasteiger partial charge >= 0.3 is 5.69 Å². The van der Waals surface area contributed by atoms with E-state index < -0.39 is 30.8 Å². The van der Waals surface area contributed by atoms with Crippen molar-refractivity contribution in [3.63, 3.8) is 0 Å². The summed E-state index contributed by atoms with van der Waals surface area (Å²) in [6.07, 6.45) is 3.38. The second-order valence-corrected chi connectivity index (χ2v) is 3.94. The summed E-state index contributed by atoms with van der Waals surface area (Å²) in [5.41, 5.74) is 5.03. The first-order chi connectivity index (χ1) is 8.56. The number of nitrogens with zero attached hydrogens (tertiary/aromatic N) is 2. The fourth-order valence-electron chi connectivity index (χ4n) is 1.82. The van der Waals surface area contributed by atoms with E-state index in [0.717, 1.165) is 4.57 Å². The van der Waals surface area contributed by atoms with Gasteiger partial charge in [0.1, 0.15) is 24.3 Å². The lowest BCUT2D eigenvalue weighted by molar-refractivity contribution is -0.0355. The van der Waals surface area contributed by atoms with Crippen molar-refractivity contribution in [2.24, 2.45) is 0 Å². The van der Waals surface area contributed by atoms with Crippen LogP contribution in [0.25, 0.3) is 0 Å². The number of terminal acetylenes is 1. The number of aromatic nitrogens is 2. The fourth-order valence-corrected chi connectivity index (χ4v) is 1.82. The Kier molecular flexibility index (Phi) is 3.32. The summed E-state index contributed by atoms with van der Waals surface area (Å²) in [6.45, 7) is -0.448. The first-order valence-electron chi connectivity index (χ1n) is 5.32. The minimum atomic E-state index is -1.33. The minimum Gasteiger partial charge on any atom is -0.394 e. The van der Waals surface area contributed by atoms with Crippen LogP contribution in [0.3, 0.4) is 0 Å². The zero-order valence-corrected chi connectivity index (χ0v) is 9.41. The number of alkyl halides is 1. The molecule has 0 aromatic carbocycles. The van der Waals surface area contributed by atoms with Gasteiger partial charge in [0.2, 0.25) is 0 Å². The number of ether oxygens (including phenoxy) is 1. The van der Waals surface area contributed by atoms with Crippen LogP contribution in [-0.2, 0) is 4.74 Å². The van der Waals surface area contributed by atoms with E-state index >= 15 is 0 Å². The Morgan fingerprint density at radius 1 is 1.78 bits per heavy atom. The summed E-state index contributed by atoms with van der Waals surface area (Å²) >= 11 is 0. The Labute approximate surface area is 102 Å². The van der Waals surface area contributed by atoms with Crippen molar-refractivity contribution in [1.82, 2.24) is 9.55 Å². The molecule has 0 amide bonds. The van der Waals surface area contributed by atoms with Crippen LogP contribution in [0, 0.1) is 12.3 Å². The SMILES string of the molecule is C#Cc1cn(C2CC(F)C(CO)O2)c(=O)nc1N. The molecule has 3 N–H and O–H groups in total. The third-order valence-electron chi connectivity index (χ3n) is 2.79. The van der Waals surface area contributed by atoms with Crippen molar-refractivity contribution in [2.75, 3.05) is 12.3 Å². The molecule has 1 fully saturated rings. The predicted octanol–water partition coefficient (Wildman–Crippen LogP) is -0.575. The van der Waals surface area contributed by atoms with Gasteiger partial charge in [-0.1, -0.05) is 5.92 Å². The van der Waals surface area contributed by atoms with Crippen molar-refractivity contribution >= 4 is 5.82 Å². The highest BCUT2D eigenvalue weighted by molar-refractivity contribution is 5.47. The summed E-state index contributed by atoms with van der Waals surface area (Å²) in [5, 5.41) is 8.89. The van der Waals surface area contributed by atoms with Crippen LogP contribution >= 0.6 is 0 Å². The maximum atomic E-state index is 13.4. The largest absolute Gasteiger partial charge is 0.394 e. The molecule has 2 heterocycles. The maximum Gasteiger partial charge on any atom is 0.351 e. The Hall–Kier alpha value is -1.91. The molecule has 3 unspecified atom stereocenters. The number of rotatable bonds is 2.